The Labute approximate surface area is 140 Å². The molecule has 24 heavy (non-hydrogen) atoms. The molecule has 2 aromatic rings. The number of fused-ring (bicyclic) bond motifs is 1. The Bertz CT molecular complexity index is 789. The van der Waals surface area contributed by atoms with Crippen LogP contribution in [0.15, 0.2) is 30.6 Å². The topological polar surface area (TPSA) is 81.2 Å². The summed E-state index contributed by atoms with van der Waals surface area (Å²) in [6, 6.07) is 7.54. The van der Waals surface area contributed by atoms with Crippen LogP contribution in [0, 0.1) is 0 Å². The van der Waals surface area contributed by atoms with Crippen molar-refractivity contribution in [2.24, 2.45) is 0 Å². The van der Waals surface area contributed by atoms with Crippen molar-refractivity contribution in [2.75, 3.05) is 12.4 Å². The molecule has 0 radical (unpaired) electrons. The molecule has 124 valence electrons. The van der Waals surface area contributed by atoms with Gasteiger partial charge in [-0.3, -0.25) is 4.79 Å². The van der Waals surface area contributed by atoms with Crippen molar-refractivity contribution in [2.45, 2.75) is 32.1 Å². The fourth-order valence-corrected chi connectivity index (χ4v) is 3.10. The van der Waals surface area contributed by atoms with Gasteiger partial charge in [-0.25, -0.2) is 14.8 Å². The third-order valence-electron chi connectivity index (χ3n) is 4.27. The van der Waals surface area contributed by atoms with Crippen LogP contribution >= 0.6 is 0 Å². The zero-order valence-corrected chi connectivity index (χ0v) is 13.7. The second-order valence-electron chi connectivity index (χ2n) is 5.92. The van der Waals surface area contributed by atoms with Crippen LogP contribution in [0.5, 0.6) is 0 Å². The molecule has 0 spiro atoms. The van der Waals surface area contributed by atoms with Gasteiger partial charge in [-0.1, -0.05) is 6.07 Å². The summed E-state index contributed by atoms with van der Waals surface area (Å²) in [6.45, 7) is 1.45. The molecular weight excluding hydrogens is 306 g/mol. The summed E-state index contributed by atoms with van der Waals surface area (Å²) in [5.41, 5.74) is 3.88. The largest absolute Gasteiger partial charge is 0.465 e. The maximum Gasteiger partial charge on any atom is 0.337 e. The number of ether oxygens (including phenoxy) is 1. The van der Waals surface area contributed by atoms with Gasteiger partial charge >= 0.3 is 5.97 Å². The Morgan fingerprint density at radius 3 is 2.79 bits per heavy atom. The van der Waals surface area contributed by atoms with Crippen molar-refractivity contribution >= 4 is 17.7 Å². The van der Waals surface area contributed by atoms with E-state index in [4.69, 9.17) is 4.74 Å². The molecule has 1 heterocycles. The molecule has 0 aliphatic heterocycles. The Morgan fingerprint density at radius 1 is 1.21 bits per heavy atom. The first-order valence-electron chi connectivity index (χ1n) is 7.86. The Balaban J connectivity index is 1.84. The summed E-state index contributed by atoms with van der Waals surface area (Å²) in [7, 11) is 1.38. The molecule has 1 atom stereocenters. The third-order valence-corrected chi connectivity index (χ3v) is 4.27. The molecule has 1 N–H and O–H groups in total. The van der Waals surface area contributed by atoms with Gasteiger partial charge in [0, 0.05) is 24.6 Å². The monoisotopic (exact) mass is 325 g/mol. The molecule has 0 bridgehead atoms. The van der Waals surface area contributed by atoms with Crippen molar-refractivity contribution in [1.29, 1.82) is 0 Å². The van der Waals surface area contributed by atoms with Gasteiger partial charge < -0.3 is 10.1 Å². The highest BCUT2D eigenvalue weighted by Crippen LogP contribution is 2.32. The molecule has 6 heteroatoms. The zero-order valence-electron chi connectivity index (χ0n) is 13.7. The average Bonchev–Trinajstić information content (AvgIpc) is 2.59. The van der Waals surface area contributed by atoms with E-state index in [2.05, 4.69) is 15.3 Å². The van der Waals surface area contributed by atoms with Crippen molar-refractivity contribution in [3.63, 3.8) is 0 Å². The van der Waals surface area contributed by atoms with Crippen LogP contribution in [0.2, 0.25) is 0 Å². The van der Waals surface area contributed by atoms with Crippen molar-refractivity contribution in [3.8, 4) is 0 Å². The lowest BCUT2D eigenvalue weighted by Crippen LogP contribution is -2.16. The quantitative estimate of drug-likeness (QED) is 0.877. The molecule has 3 rings (SSSR count). The average molecular weight is 325 g/mol. The molecule has 1 aliphatic rings. The first kappa shape index (κ1) is 16.1. The molecule has 1 aliphatic carbocycles. The lowest BCUT2D eigenvalue weighted by atomic mass is 9.81. The number of carbonyl (C=O) groups excluding carboxylic acids is 2. The third kappa shape index (κ3) is 3.42. The van der Waals surface area contributed by atoms with E-state index in [1.54, 1.807) is 0 Å². The molecule has 1 aromatic heterocycles. The first-order valence-corrected chi connectivity index (χ1v) is 7.86. The minimum Gasteiger partial charge on any atom is -0.465 e. The van der Waals surface area contributed by atoms with Crippen LogP contribution in [0.4, 0.5) is 5.82 Å². The number of anilines is 1. The van der Waals surface area contributed by atoms with E-state index in [1.165, 1.54) is 25.9 Å². The maximum absolute atomic E-state index is 11.7. The van der Waals surface area contributed by atoms with Crippen molar-refractivity contribution < 1.29 is 14.3 Å². The van der Waals surface area contributed by atoms with Gasteiger partial charge in [0.05, 0.1) is 12.7 Å². The predicted molar refractivity (Wildman–Crippen MR) is 88.9 cm³/mol. The van der Waals surface area contributed by atoms with E-state index in [0.717, 1.165) is 30.5 Å². The number of nitrogens with one attached hydrogen (secondary N) is 1. The predicted octanol–water partition coefficient (Wildman–Crippen LogP) is 2.49. The first-order chi connectivity index (χ1) is 11.6. The second-order valence-corrected chi connectivity index (χ2v) is 5.92. The second kappa shape index (κ2) is 6.78. The normalized spacial score (nSPS) is 16.2. The van der Waals surface area contributed by atoms with E-state index in [0.29, 0.717) is 11.4 Å². The number of esters is 1. The van der Waals surface area contributed by atoms with Crippen LogP contribution in [0.3, 0.4) is 0 Å². The minimum atomic E-state index is -0.324. The van der Waals surface area contributed by atoms with E-state index in [-0.39, 0.29) is 17.8 Å². The number of amides is 1. The van der Waals surface area contributed by atoms with Crippen LogP contribution in [0.25, 0.3) is 0 Å². The van der Waals surface area contributed by atoms with Crippen LogP contribution in [0.1, 0.15) is 46.4 Å². The summed E-state index contributed by atoms with van der Waals surface area (Å²) >= 11 is 0. The SMILES string of the molecule is COC(=O)c1ccc2c(c1)CC(c1cc(NC(C)=O)ncn1)CC2. The number of nitrogens with zero attached hydrogens (tertiary/aromatic N) is 2. The van der Waals surface area contributed by atoms with Crippen LogP contribution in [-0.2, 0) is 22.4 Å². The molecule has 0 saturated heterocycles. The number of benzene rings is 1. The highest BCUT2D eigenvalue weighted by atomic mass is 16.5. The molecule has 1 amide bonds. The van der Waals surface area contributed by atoms with Gasteiger partial charge in [0.1, 0.15) is 12.1 Å². The van der Waals surface area contributed by atoms with Gasteiger partial charge in [0.25, 0.3) is 0 Å². The Hall–Kier alpha value is -2.76. The summed E-state index contributed by atoms with van der Waals surface area (Å²) in [5, 5.41) is 2.68. The number of methoxy groups -OCH3 is 1. The summed E-state index contributed by atoms with van der Waals surface area (Å²) in [5.74, 6) is 0.272. The van der Waals surface area contributed by atoms with E-state index < -0.39 is 0 Å². The number of carbonyl (C=O) groups is 2. The minimum absolute atomic E-state index is 0.156. The standard InChI is InChI=1S/C18H19N3O3/c1-11(22)21-17-9-16(19-10-20-17)13-5-3-12-4-6-14(18(23)24-2)8-15(12)7-13/h4,6,8-10,13H,3,5,7H2,1-2H3,(H,19,20,21,22). The molecule has 0 saturated carbocycles. The summed E-state index contributed by atoms with van der Waals surface area (Å²) in [4.78, 5) is 31.3. The zero-order chi connectivity index (χ0) is 17.1. The molecular formula is C18H19N3O3. The van der Waals surface area contributed by atoms with E-state index in [1.807, 2.05) is 24.3 Å². The lowest BCUT2D eigenvalue weighted by molar-refractivity contribution is -0.114. The van der Waals surface area contributed by atoms with Gasteiger partial charge in [-0.2, -0.15) is 0 Å². The fourth-order valence-electron chi connectivity index (χ4n) is 3.10. The van der Waals surface area contributed by atoms with E-state index in [9.17, 15) is 9.59 Å². The smallest absolute Gasteiger partial charge is 0.337 e. The van der Waals surface area contributed by atoms with E-state index >= 15 is 0 Å². The Morgan fingerprint density at radius 2 is 2.04 bits per heavy atom. The number of hydrogen-bond acceptors (Lipinski definition) is 5. The molecule has 1 aromatic carbocycles. The number of aromatic nitrogens is 2. The van der Waals surface area contributed by atoms with Crippen molar-refractivity contribution in [1.82, 2.24) is 9.97 Å². The molecule has 6 nitrogen and oxygen atoms in total. The maximum atomic E-state index is 11.7. The number of rotatable bonds is 3. The lowest BCUT2D eigenvalue weighted by Gasteiger charge is -2.24. The van der Waals surface area contributed by atoms with Crippen molar-refractivity contribution in [3.05, 3.63) is 53.0 Å². The van der Waals surface area contributed by atoms with Gasteiger partial charge in [-0.15, -0.1) is 0 Å². The highest BCUT2D eigenvalue weighted by Gasteiger charge is 2.23. The highest BCUT2D eigenvalue weighted by molar-refractivity contribution is 5.89. The number of hydrogen-bond donors (Lipinski definition) is 1. The van der Waals surface area contributed by atoms with Crippen LogP contribution < -0.4 is 5.32 Å². The number of aryl methyl sites for hydroxylation is 1. The van der Waals surface area contributed by atoms with Crippen LogP contribution in [-0.4, -0.2) is 29.0 Å². The molecule has 1 unspecified atom stereocenters. The van der Waals surface area contributed by atoms with Gasteiger partial charge in [-0.05, 0) is 42.5 Å². The van der Waals surface area contributed by atoms with Gasteiger partial charge in [0.2, 0.25) is 5.91 Å². The van der Waals surface area contributed by atoms with Gasteiger partial charge in [0.15, 0.2) is 0 Å². The fraction of sp³-hybridized carbons (Fsp3) is 0.333. The Kier molecular flexibility index (Phi) is 4.55. The summed E-state index contributed by atoms with van der Waals surface area (Å²) < 4.78 is 4.79. The molecule has 0 fully saturated rings. The summed E-state index contributed by atoms with van der Waals surface area (Å²) in [6.07, 6.45) is 4.18.